The minimum absolute atomic E-state index is 0.106. The van der Waals surface area contributed by atoms with Crippen LogP contribution in [0.4, 0.5) is 11.5 Å². The molecule has 17 heteroatoms. The van der Waals surface area contributed by atoms with Crippen LogP contribution in [0.15, 0.2) is 67.4 Å². The molecular weight excluding hydrogens is 835 g/mol. The summed E-state index contributed by atoms with van der Waals surface area (Å²) in [7, 11) is 0. The number of hydrogen-bond acceptors (Lipinski definition) is 12. The lowest BCUT2D eigenvalue weighted by Crippen LogP contribution is -2.50. The van der Waals surface area contributed by atoms with Crippen molar-refractivity contribution in [3.63, 3.8) is 0 Å². The van der Waals surface area contributed by atoms with E-state index in [4.69, 9.17) is 15.1 Å². The Morgan fingerprint density at radius 3 is 2.32 bits per heavy atom. The molecule has 4 aliphatic heterocycles. The van der Waals surface area contributed by atoms with Crippen LogP contribution in [0.5, 0.6) is 0 Å². The summed E-state index contributed by atoms with van der Waals surface area (Å²) >= 11 is 0. The van der Waals surface area contributed by atoms with Crippen molar-refractivity contribution < 1.29 is 19.2 Å². The molecule has 4 saturated heterocycles. The summed E-state index contributed by atoms with van der Waals surface area (Å²) in [6.45, 7) is 11.0. The van der Waals surface area contributed by atoms with Gasteiger partial charge >= 0.3 is 0 Å². The standard InChI is InChI=1S/C49H59N13O4/c1-4-49(48(66)54-32(2)3)17-23-59(24-18-49)42-11-7-35(26-51-42)45-46-36(25-50)27-53-62(46)30-41(56-45)37-28-52-61(29-37)39-15-21-60(22-16-39)44(64)31-58-19-13-34(14-20-58)33-5-8-38(9-6-33)55-40-10-12-43(63)57-47(40)65/h5-9,11,26-30,32,34,39-40,55H,4,10,12-24,31H2,1-3H3,(H,54,66)(H,57,63,65). The molecular formula is C49H59N13O4. The number of carbonyl (C=O) groups is 4. The smallest absolute Gasteiger partial charge is 0.249 e. The minimum atomic E-state index is -0.404. The molecule has 17 nitrogen and oxygen atoms in total. The number of piperidine rings is 4. The van der Waals surface area contributed by atoms with Crippen molar-refractivity contribution in [2.45, 2.75) is 103 Å². The maximum Gasteiger partial charge on any atom is 0.249 e. The van der Waals surface area contributed by atoms with Gasteiger partial charge in [0, 0.05) is 67.8 Å². The van der Waals surface area contributed by atoms with Gasteiger partial charge in [-0.15, -0.1) is 0 Å². The van der Waals surface area contributed by atoms with Crippen molar-refractivity contribution in [2.75, 3.05) is 56.0 Å². The summed E-state index contributed by atoms with van der Waals surface area (Å²) in [4.78, 5) is 66.7. The molecule has 1 aromatic carbocycles. The predicted octanol–water partition coefficient (Wildman–Crippen LogP) is 5.31. The van der Waals surface area contributed by atoms with Crippen molar-refractivity contribution in [3.05, 3.63) is 78.5 Å². The number of benzene rings is 1. The van der Waals surface area contributed by atoms with Crippen LogP contribution in [0, 0.1) is 16.7 Å². The summed E-state index contributed by atoms with van der Waals surface area (Å²) in [6.07, 6.45) is 15.7. The number of anilines is 2. The normalized spacial score (nSPS) is 19.8. The number of rotatable bonds is 12. The molecule has 0 saturated carbocycles. The largest absolute Gasteiger partial charge is 0.374 e. The summed E-state index contributed by atoms with van der Waals surface area (Å²) in [5.74, 6) is 1.06. The Hall–Kier alpha value is -6.67. The second-order valence-electron chi connectivity index (χ2n) is 18.7. The summed E-state index contributed by atoms with van der Waals surface area (Å²) in [5.41, 5.74) is 5.66. The Morgan fingerprint density at radius 1 is 0.894 bits per heavy atom. The minimum Gasteiger partial charge on any atom is -0.374 e. The number of nitrogens with zero attached hydrogens (tertiary/aromatic N) is 10. The number of fused-ring (bicyclic) bond motifs is 1. The maximum atomic E-state index is 13.5. The first-order chi connectivity index (χ1) is 32.0. The number of nitrogens with one attached hydrogen (secondary N) is 3. The quantitative estimate of drug-likeness (QED) is 0.137. The first kappa shape index (κ1) is 44.5. The van der Waals surface area contributed by atoms with E-state index >= 15 is 0 Å². The number of hydrogen-bond donors (Lipinski definition) is 3. The van der Waals surface area contributed by atoms with E-state index in [1.165, 1.54) is 5.56 Å². The average molecular weight is 894 g/mol. The van der Waals surface area contributed by atoms with Gasteiger partial charge in [0.2, 0.25) is 23.6 Å². The number of likely N-dealkylation sites (tertiary alicyclic amines) is 2. The van der Waals surface area contributed by atoms with Crippen LogP contribution in [0.2, 0.25) is 0 Å². The molecule has 0 bridgehead atoms. The van der Waals surface area contributed by atoms with Crippen LogP contribution < -0.4 is 20.9 Å². The molecule has 0 aliphatic carbocycles. The Balaban J connectivity index is 0.784. The van der Waals surface area contributed by atoms with E-state index in [-0.39, 0.29) is 41.1 Å². The second-order valence-corrected chi connectivity index (χ2v) is 18.7. The molecule has 1 unspecified atom stereocenters. The summed E-state index contributed by atoms with van der Waals surface area (Å²) in [6, 6.07) is 14.3. The lowest BCUT2D eigenvalue weighted by molar-refractivity contribution is -0.135. The van der Waals surface area contributed by atoms with Crippen LogP contribution >= 0.6 is 0 Å². The Labute approximate surface area is 384 Å². The van der Waals surface area contributed by atoms with Gasteiger partial charge in [-0.05, 0) is 114 Å². The van der Waals surface area contributed by atoms with E-state index in [1.807, 2.05) is 66.3 Å². The molecule has 66 heavy (non-hydrogen) atoms. The van der Waals surface area contributed by atoms with Gasteiger partial charge in [-0.3, -0.25) is 34.1 Å². The number of amides is 4. The van der Waals surface area contributed by atoms with Gasteiger partial charge in [0.1, 0.15) is 29.0 Å². The fourth-order valence-corrected chi connectivity index (χ4v) is 10.1. The van der Waals surface area contributed by atoms with E-state index < -0.39 is 6.04 Å². The van der Waals surface area contributed by atoms with Gasteiger partial charge < -0.3 is 20.4 Å². The third-order valence-electron chi connectivity index (χ3n) is 14.3. The molecule has 9 rings (SSSR count). The molecule has 1 atom stereocenters. The Kier molecular flexibility index (Phi) is 12.8. The van der Waals surface area contributed by atoms with Crippen LogP contribution in [-0.4, -0.2) is 121 Å². The number of aromatic nitrogens is 6. The van der Waals surface area contributed by atoms with Gasteiger partial charge in [-0.2, -0.15) is 15.5 Å². The van der Waals surface area contributed by atoms with Crippen molar-refractivity contribution in [3.8, 4) is 28.6 Å². The SMILES string of the molecule is CCC1(C(=O)NC(C)C)CCN(c2ccc(-c3nc(-c4cnn(C5CCN(C(=O)CN6CCC(c7ccc(NC8CCC(=O)NC8=O)cc7)CC6)CC5)c4)cn4ncc(C#N)c34)cn2)CC1. The third kappa shape index (κ3) is 9.37. The lowest BCUT2D eigenvalue weighted by atomic mass is 9.75. The molecule has 3 N–H and O–H groups in total. The number of carbonyl (C=O) groups excluding carboxylic acids is 4. The molecule has 4 aromatic heterocycles. The van der Waals surface area contributed by atoms with Crippen molar-refractivity contribution in [1.82, 2.24) is 49.8 Å². The molecule has 5 aromatic rings. The van der Waals surface area contributed by atoms with E-state index in [1.54, 1.807) is 16.9 Å². The van der Waals surface area contributed by atoms with Crippen molar-refractivity contribution in [1.29, 1.82) is 5.26 Å². The highest BCUT2D eigenvalue weighted by atomic mass is 16.2. The van der Waals surface area contributed by atoms with Gasteiger partial charge in [-0.25, -0.2) is 14.5 Å². The molecule has 8 heterocycles. The summed E-state index contributed by atoms with van der Waals surface area (Å²) < 4.78 is 3.69. The van der Waals surface area contributed by atoms with Crippen LogP contribution in [-0.2, 0) is 19.2 Å². The van der Waals surface area contributed by atoms with Gasteiger partial charge in [0.05, 0.1) is 48.0 Å². The fraction of sp³-hybridized carbons (Fsp3) is 0.490. The van der Waals surface area contributed by atoms with E-state index in [0.717, 1.165) is 93.8 Å². The molecule has 0 radical (unpaired) electrons. The molecule has 0 spiro atoms. The van der Waals surface area contributed by atoms with Crippen LogP contribution in [0.1, 0.15) is 102 Å². The molecule has 4 aliphatic rings. The number of pyridine rings is 1. The predicted molar refractivity (Wildman–Crippen MR) is 249 cm³/mol. The lowest BCUT2D eigenvalue weighted by Gasteiger charge is -2.41. The van der Waals surface area contributed by atoms with E-state index in [9.17, 15) is 24.4 Å². The highest BCUT2D eigenvalue weighted by molar-refractivity contribution is 6.01. The van der Waals surface area contributed by atoms with Crippen molar-refractivity contribution in [2.24, 2.45) is 5.41 Å². The average Bonchev–Trinajstić information content (AvgIpc) is 4.01. The second kappa shape index (κ2) is 19.0. The molecule has 4 amide bonds. The first-order valence-corrected chi connectivity index (χ1v) is 23.5. The highest BCUT2D eigenvalue weighted by Crippen LogP contribution is 2.38. The zero-order valence-electron chi connectivity index (χ0n) is 38.1. The molecule has 4 fully saturated rings. The van der Waals surface area contributed by atoms with Crippen LogP contribution in [0.25, 0.3) is 28.0 Å². The molecule has 344 valence electrons. The maximum absolute atomic E-state index is 13.5. The Morgan fingerprint density at radius 2 is 1.65 bits per heavy atom. The zero-order valence-corrected chi connectivity index (χ0v) is 38.1. The number of imide groups is 1. The van der Waals surface area contributed by atoms with Crippen molar-refractivity contribution >= 4 is 40.7 Å². The zero-order chi connectivity index (χ0) is 46.0. The van der Waals surface area contributed by atoms with Gasteiger partial charge in [0.25, 0.3) is 0 Å². The van der Waals surface area contributed by atoms with E-state index in [2.05, 4.69) is 56.0 Å². The monoisotopic (exact) mass is 893 g/mol. The Bertz CT molecular complexity index is 2610. The van der Waals surface area contributed by atoms with E-state index in [0.29, 0.717) is 60.9 Å². The highest BCUT2D eigenvalue weighted by Gasteiger charge is 2.40. The topological polar surface area (TPSA) is 199 Å². The summed E-state index contributed by atoms with van der Waals surface area (Å²) in [5, 5.41) is 28.0. The van der Waals surface area contributed by atoms with Gasteiger partial charge in [0.15, 0.2) is 0 Å². The fourth-order valence-electron chi connectivity index (χ4n) is 10.1. The van der Waals surface area contributed by atoms with Crippen LogP contribution in [0.3, 0.4) is 0 Å². The first-order valence-electron chi connectivity index (χ1n) is 23.5. The number of nitriles is 1. The third-order valence-corrected chi connectivity index (χ3v) is 14.3. The van der Waals surface area contributed by atoms with Gasteiger partial charge in [-0.1, -0.05) is 19.1 Å².